The van der Waals surface area contributed by atoms with Crippen LogP contribution in [0.15, 0.2) is 30.3 Å². The number of piperidine rings is 1. The molecule has 1 aromatic rings. The summed E-state index contributed by atoms with van der Waals surface area (Å²) in [6.45, 7) is 4.92. The van der Waals surface area contributed by atoms with Gasteiger partial charge in [0.15, 0.2) is 0 Å². The molecule has 0 radical (unpaired) electrons. The molecule has 0 unspecified atom stereocenters. The second kappa shape index (κ2) is 9.19. The molecule has 0 saturated carbocycles. The van der Waals surface area contributed by atoms with Gasteiger partial charge in [0, 0.05) is 19.7 Å². The summed E-state index contributed by atoms with van der Waals surface area (Å²) in [5, 5.41) is 3.07. The molecule has 3 rings (SSSR count). The highest BCUT2D eigenvalue weighted by molar-refractivity contribution is 5.80. The maximum Gasteiger partial charge on any atom is 0.249 e. The molecule has 0 aliphatic carbocycles. The van der Waals surface area contributed by atoms with E-state index in [0.29, 0.717) is 0 Å². The normalized spacial score (nSPS) is 23.1. The van der Waals surface area contributed by atoms with Gasteiger partial charge in [-0.05, 0) is 63.1 Å². The molecule has 1 amide bonds. The molecule has 2 fully saturated rings. The number of amides is 1. The van der Waals surface area contributed by atoms with Gasteiger partial charge < -0.3 is 10.1 Å². The van der Waals surface area contributed by atoms with E-state index in [-0.39, 0.29) is 12.0 Å². The summed E-state index contributed by atoms with van der Waals surface area (Å²) in [7, 11) is 0. The van der Waals surface area contributed by atoms with Gasteiger partial charge in [-0.1, -0.05) is 30.3 Å². The summed E-state index contributed by atoms with van der Waals surface area (Å²) >= 11 is 0. The number of hydrogen-bond donors (Lipinski definition) is 1. The molecule has 4 heteroatoms. The van der Waals surface area contributed by atoms with Crippen molar-refractivity contribution >= 4 is 5.91 Å². The minimum atomic E-state index is -0.202. The lowest BCUT2D eigenvalue weighted by Crippen LogP contribution is -2.40. The molecular formula is C20H30N2O2. The lowest BCUT2D eigenvalue weighted by Gasteiger charge is -2.32. The van der Waals surface area contributed by atoms with E-state index in [2.05, 4.69) is 40.5 Å². The van der Waals surface area contributed by atoms with Crippen molar-refractivity contribution < 1.29 is 9.53 Å². The Kier molecular flexibility index (Phi) is 6.67. The van der Waals surface area contributed by atoms with E-state index in [1.807, 2.05) is 0 Å². The number of ether oxygens (including phenoxy) is 1. The molecule has 132 valence electrons. The first-order chi connectivity index (χ1) is 11.8. The zero-order valence-corrected chi connectivity index (χ0v) is 14.6. The highest BCUT2D eigenvalue weighted by atomic mass is 16.5. The van der Waals surface area contributed by atoms with Gasteiger partial charge >= 0.3 is 0 Å². The van der Waals surface area contributed by atoms with E-state index >= 15 is 0 Å². The molecule has 2 heterocycles. The van der Waals surface area contributed by atoms with Crippen molar-refractivity contribution in [2.75, 3.05) is 26.2 Å². The molecule has 2 aliphatic rings. The number of rotatable bonds is 6. The van der Waals surface area contributed by atoms with Gasteiger partial charge in [-0.2, -0.15) is 0 Å². The van der Waals surface area contributed by atoms with Crippen LogP contribution < -0.4 is 5.32 Å². The standard InChI is InChI=1S/C20H30N2O2/c23-20(19-8-4-5-15-24-19)21-12-9-17-10-13-22(14-11-17)16-18-6-2-1-3-7-18/h1-3,6-7,17,19H,4-5,8-16H2,(H,21,23)/t19-/m0/s1. The van der Waals surface area contributed by atoms with E-state index in [1.54, 1.807) is 0 Å². The molecule has 4 nitrogen and oxygen atoms in total. The van der Waals surface area contributed by atoms with E-state index in [1.165, 1.54) is 31.5 Å². The van der Waals surface area contributed by atoms with E-state index in [9.17, 15) is 4.79 Å². The van der Waals surface area contributed by atoms with Crippen molar-refractivity contribution in [3.8, 4) is 0 Å². The molecule has 0 spiro atoms. The second-order valence-electron chi connectivity index (χ2n) is 7.14. The Bertz CT molecular complexity index is 492. The molecule has 24 heavy (non-hydrogen) atoms. The summed E-state index contributed by atoms with van der Waals surface area (Å²) in [6, 6.07) is 10.7. The van der Waals surface area contributed by atoms with Crippen LogP contribution >= 0.6 is 0 Å². The topological polar surface area (TPSA) is 41.6 Å². The molecule has 1 atom stereocenters. The third-order valence-corrected chi connectivity index (χ3v) is 5.28. The third kappa shape index (κ3) is 5.32. The number of nitrogens with one attached hydrogen (secondary N) is 1. The minimum Gasteiger partial charge on any atom is -0.368 e. The SMILES string of the molecule is O=C(NCCC1CCN(Cc2ccccc2)CC1)[C@@H]1CCCCO1. The number of carbonyl (C=O) groups is 1. The Morgan fingerprint density at radius 1 is 1.12 bits per heavy atom. The van der Waals surface area contributed by atoms with Gasteiger partial charge in [0.2, 0.25) is 5.91 Å². The van der Waals surface area contributed by atoms with Crippen LogP contribution in [0.25, 0.3) is 0 Å². The fourth-order valence-electron chi connectivity index (χ4n) is 3.74. The first-order valence-electron chi connectivity index (χ1n) is 9.47. The Balaban J connectivity index is 1.30. The minimum absolute atomic E-state index is 0.0937. The smallest absolute Gasteiger partial charge is 0.249 e. The largest absolute Gasteiger partial charge is 0.368 e. The summed E-state index contributed by atoms with van der Waals surface area (Å²) in [5.74, 6) is 0.834. The maximum atomic E-state index is 12.1. The Morgan fingerprint density at radius 3 is 2.62 bits per heavy atom. The molecule has 0 bridgehead atoms. The quantitative estimate of drug-likeness (QED) is 0.872. The zero-order chi connectivity index (χ0) is 16.6. The number of hydrogen-bond acceptors (Lipinski definition) is 3. The van der Waals surface area contributed by atoms with Gasteiger partial charge in [-0.3, -0.25) is 9.69 Å². The predicted octanol–water partition coefficient (Wildman–Crippen LogP) is 2.97. The molecule has 0 aromatic heterocycles. The summed E-state index contributed by atoms with van der Waals surface area (Å²) in [6.07, 6.45) is 6.45. The number of benzene rings is 1. The number of nitrogens with zero attached hydrogens (tertiary/aromatic N) is 1. The average molecular weight is 330 g/mol. The fourth-order valence-corrected chi connectivity index (χ4v) is 3.74. The molecule has 2 saturated heterocycles. The number of likely N-dealkylation sites (tertiary alicyclic amines) is 1. The molecule has 1 aromatic carbocycles. The first kappa shape index (κ1) is 17.4. The number of carbonyl (C=O) groups excluding carboxylic acids is 1. The van der Waals surface area contributed by atoms with Crippen LogP contribution in [0.2, 0.25) is 0 Å². The Hall–Kier alpha value is -1.39. The Morgan fingerprint density at radius 2 is 1.92 bits per heavy atom. The van der Waals surface area contributed by atoms with E-state index in [0.717, 1.165) is 51.3 Å². The van der Waals surface area contributed by atoms with Crippen LogP contribution in [-0.2, 0) is 16.1 Å². The summed E-state index contributed by atoms with van der Waals surface area (Å²) in [4.78, 5) is 14.6. The van der Waals surface area contributed by atoms with Gasteiger partial charge in [-0.15, -0.1) is 0 Å². The van der Waals surface area contributed by atoms with Gasteiger partial charge in [0.25, 0.3) is 0 Å². The van der Waals surface area contributed by atoms with Crippen LogP contribution in [-0.4, -0.2) is 43.2 Å². The molecular weight excluding hydrogens is 300 g/mol. The predicted molar refractivity (Wildman–Crippen MR) is 95.7 cm³/mol. The Labute approximate surface area is 145 Å². The monoisotopic (exact) mass is 330 g/mol. The zero-order valence-electron chi connectivity index (χ0n) is 14.6. The average Bonchev–Trinajstić information content (AvgIpc) is 2.65. The van der Waals surface area contributed by atoms with Crippen molar-refractivity contribution in [1.82, 2.24) is 10.2 Å². The summed E-state index contributed by atoms with van der Waals surface area (Å²) < 4.78 is 5.53. The van der Waals surface area contributed by atoms with Crippen molar-refractivity contribution in [3.63, 3.8) is 0 Å². The van der Waals surface area contributed by atoms with Crippen molar-refractivity contribution in [1.29, 1.82) is 0 Å². The first-order valence-corrected chi connectivity index (χ1v) is 9.47. The fraction of sp³-hybridized carbons (Fsp3) is 0.650. The van der Waals surface area contributed by atoms with Crippen molar-refractivity contribution in [2.45, 2.75) is 51.2 Å². The summed E-state index contributed by atoms with van der Waals surface area (Å²) in [5.41, 5.74) is 1.40. The van der Waals surface area contributed by atoms with Gasteiger partial charge in [0.05, 0.1) is 0 Å². The molecule has 2 aliphatic heterocycles. The molecule has 1 N–H and O–H groups in total. The van der Waals surface area contributed by atoms with Crippen LogP contribution in [0.3, 0.4) is 0 Å². The lowest BCUT2D eigenvalue weighted by molar-refractivity contribution is -0.135. The maximum absolute atomic E-state index is 12.1. The third-order valence-electron chi connectivity index (χ3n) is 5.28. The van der Waals surface area contributed by atoms with E-state index in [4.69, 9.17) is 4.74 Å². The highest BCUT2D eigenvalue weighted by Gasteiger charge is 2.23. The van der Waals surface area contributed by atoms with E-state index < -0.39 is 0 Å². The van der Waals surface area contributed by atoms with Crippen molar-refractivity contribution in [3.05, 3.63) is 35.9 Å². The van der Waals surface area contributed by atoms with Crippen LogP contribution in [0.5, 0.6) is 0 Å². The van der Waals surface area contributed by atoms with Crippen molar-refractivity contribution in [2.24, 2.45) is 5.92 Å². The van der Waals surface area contributed by atoms with Crippen LogP contribution in [0.1, 0.15) is 44.1 Å². The lowest BCUT2D eigenvalue weighted by atomic mass is 9.93. The van der Waals surface area contributed by atoms with Gasteiger partial charge in [-0.25, -0.2) is 0 Å². The van der Waals surface area contributed by atoms with Crippen LogP contribution in [0.4, 0.5) is 0 Å². The second-order valence-corrected chi connectivity index (χ2v) is 7.14. The highest BCUT2D eigenvalue weighted by Crippen LogP contribution is 2.21. The van der Waals surface area contributed by atoms with Crippen LogP contribution in [0, 0.1) is 5.92 Å². The van der Waals surface area contributed by atoms with Gasteiger partial charge in [0.1, 0.15) is 6.10 Å².